The van der Waals surface area contributed by atoms with E-state index in [1.54, 1.807) is 36.1 Å². The normalized spacial score (nSPS) is 16.4. The van der Waals surface area contributed by atoms with E-state index in [1.165, 1.54) is 17.8 Å². The van der Waals surface area contributed by atoms with E-state index < -0.39 is 5.97 Å². The Balaban J connectivity index is 2.02. The third-order valence-corrected chi connectivity index (χ3v) is 5.89. The number of hydrogen-bond donors (Lipinski definition) is 1. The Morgan fingerprint density at radius 3 is 2.58 bits per heavy atom. The Kier molecular flexibility index (Phi) is 7.69. The molecular weight excluding hydrogens is 461 g/mol. The van der Waals surface area contributed by atoms with Crippen molar-refractivity contribution >= 4 is 69.7 Å². The summed E-state index contributed by atoms with van der Waals surface area (Å²) in [5, 5.41) is 4.26. The number of likely N-dealkylation sites (N-methyl/N-ethyl adjacent to an activating group) is 1. The lowest BCUT2D eigenvalue weighted by Crippen LogP contribution is -2.28. The molecule has 1 aromatic heterocycles. The third kappa shape index (κ3) is 5.08. The number of hydrogen-bond acceptors (Lipinski definition) is 7. The molecule has 0 aliphatic carbocycles. The number of amidine groups is 1. The van der Waals surface area contributed by atoms with Gasteiger partial charge in [0.2, 0.25) is 5.88 Å². The smallest absolute Gasteiger partial charge is 0.345 e. The summed E-state index contributed by atoms with van der Waals surface area (Å²) in [6, 6.07) is 6.86. The quantitative estimate of drug-likeness (QED) is 0.396. The van der Waals surface area contributed by atoms with Crippen LogP contribution in [0.25, 0.3) is 6.08 Å². The second kappa shape index (κ2) is 10.3. The summed E-state index contributed by atoms with van der Waals surface area (Å²) < 4.78 is 11.0. The Bertz CT molecular complexity index is 1050. The number of carbonyl (C=O) groups is 2. The Labute approximate surface area is 194 Å². The molecule has 1 fully saturated rings. The van der Waals surface area contributed by atoms with E-state index in [0.717, 1.165) is 0 Å². The number of furan rings is 1. The van der Waals surface area contributed by atoms with Gasteiger partial charge in [0.15, 0.2) is 5.17 Å². The number of esters is 1. The molecule has 0 unspecified atom stereocenters. The summed E-state index contributed by atoms with van der Waals surface area (Å²) >= 11 is 13.6. The van der Waals surface area contributed by atoms with E-state index in [9.17, 15) is 9.59 Å². The minimum Gasteiger partial charge on any atom is -0.462 e. The van der Waals surface area contributed by atoms with Gasteiger partial charge in [-0.2, -0.15) is 0 Å². The van der Waals surface area contributed by atoms with E-state index in [2.05, 4.69) is 10.3 Å². The molecule has 0 bridgehead atoms. The van der Waals surface area contributed by atoms with Crippen molar-refractivity contribution < 1.29 is 18.7 Å². The van der Waals surface area contributed by atoms with Gasteiger partial charge in [-0.05, 0) is 56.8 Å². The highest BCUT2D eigenvalue weighted by molar-refractivity contribution is 8.18. The minimum absolute atomic E-state index is 0.0514. The van der Waals surface area contributed by atoms with Crippen molar-refractivity contribution in [3.05, 3.63) is 50.5 Å². The van der Waals surface area contributed by atoms with Crippen molar-refractivity contribution in [2.45, 2.75) is 20.8 Å². The van der Waals surface area contributed by atoms with Crippen LogP contribution in [-0.4, -0.2) is 41.6 Å². The van der Waals surface area contributed by atoms with Crippen molar-refractivity contribution in [3.63, 3.8) is 0 Å². The number of rotatable bonds is 7. The Hall–Kier alpha value is -2.42. The number of carbonyl (C=O) groups excluding carboxylic acids is 2. The largest absolute Gasteiger partial charge is 0.462 e. The maximum atomic E-state index is 12.7. The van der Waals surface area contributed by atoms with Crippen LogP contribution in [0.15, 0.2) is 38.6 Å². The summed E-state index contributed by atoms with van der Waals surface area (Å²) in [6.07, 6.45) is 1.52. The SMILES string of the molecule is CCN=C1S/C(=C\c2oc(Nc3ccc(Cl)cc3)c(C(=O)OCC)c2Cl)C(=O)N1CC. The highest BCUT2D eigenvalue weighted by Gasteiger charge is 2.33. The minimum atomic E-state index is -0.633. The molecule has 3 rings (SSSR count). The van der Waals surface area contributed by atoms with Gasteiger partial charge >= 0.3 is 5.97 Å². The summed E-state index contributed by atoms with van der Waals surface area (Å²) in [5.74, 6) is -0.544. The van der Waals surface area contributed by atoms with Gasteiger partial charge in [-0.15, -0.1) is 0 Å². The monoisotopic (exact) mass is 481 g/mol. The van der Waals surface area contributed by atoms with Crippen LogP contribution >= 0.6 is 35.0 Å². The first-order valence-electron chi connectivity index (χ1n) is 9.67. The van der Waals surface area contributed by atoms with Gasteiger partial charge in [0.25, 0.3) is 5.91 Å². The fraction of sp³-hybridized carbons (Fsp3) is 0.286. The number of amides is 1. The predicted molar refractivity (Wildman–Crippen MR) is 125 cm³/mol. The standard InChI is InChI=1S/C21H21Cl2N3O4S/c1-4-24-21-26(5-2)19(27)15(31-21)11-14-17(23)16(20(28)29-6-3)18(30-14)25-13-9-7-12(22)8-10-13/h7-11,25H,4-6H2,1-3H3/b15-11-,24-21?. The van der Waals surface area contributed by atoms with E-state index in [-0.39, 0.29) is 34.7 Å². The molecular formula is C21H21Cl2N3O4S. The van der Waals surface area contributed by atoms with Crippen molar-refractivity contribution in [2.24, 2.45) is 4.99 Å². The average molecular weight is 482 g/mol. The number of aliphatic imine (C=N–C) groups is 1. The van der Waals surface area contributed by atoms with Gasteiger partial charge in [0.05, 0.1) is 11.5 Å². The third-order valence-electron chi connectivity index (χ3n) is 4.22. The zero-order chi connectivity index (χ0) is 22.5. The van der Waals surface area contributed by atoms with Gasteiger partial charge in [0, 0.05) is 29.9 Å². The second-order valence-corrected chi connectivity index (χ2v) is 8.08. The molecule has 2 aromatic rings. The number of ether oxygens (including phenoxy) is 1. The van der Waals surface area contributed by atoms with E-state index in [1.807, 2.05) is 13.8 Å². The maximum Gasteiger partial charge on any atom is 0.345 e. The lowest BCUT2D eigenvalue weighted by atomic mass is 10.2. The second-order valence-electron chi connectivity index (χ2n) is 6.25. The van der Waals surface area contributed by atoms with E-state index in [4.69, 9.17) is 32.4 Å². The van der Waals surface area contributed by atoms with Crippen molar-refractivity contribution in [3.8, 4) is 0 Å². The molecule has 2 heterocycles. The fourth-order valence-electron chi connectivity index (χ4n) is 2.82. The molecule has 1 aromatic carbocycles. The lowest BCUT2D eigenvalue weighted by Gasteiger charge is -2.11. The molecule has 1 aliphatic rings. The highest BCUT2D eigenvalue weighted by Crippen LogP contribution is 2.39. The van der Waals surface area contributed by atoms with Gasteiger partial charge in [-0.25, -0.2) is 4.79 Å². The summed E-state index contributed by atoms with van der Waals surface area (Å²) in [6.45, 7) is 6.70. The molecule has 0 spiro atoms. The van der Waals surface area contributed by atoms with Gasteiger partial charge in [-0.3, -0.25) is 14.7 Å². The number of nitrogens with one attached hydrogen (secondary N) is 1. The molecule has 7 nitrogen and oxygen atoms in total. The van der Waals surface area contributed by atoms with Gasteiger partial charge < -0.3 is 14.5 Å². The number of thioether (sulfide) groups is 1. The van der Waals surface area contributed by atoms with Crippen molar-refractivity contribution in [1.82, 2.24) is 4.90 Å². The zero-order valence-corrected chi connectivity index (χ0v) is 19.5. The average Bonchev–Trinajstić information content (AvgIpc) is 3.20. The maximum absolute atomic E-state index is 12.7. The number of benzene rings is 1. The predicted octanol–water partition coefficient (Wildman–Crippen LogP) is 5.82. The van der Waals surface area contributed by atoms with Gasteiger partial charge in [0.1, 0.15) is 16.3 Å². The van der Waals surface area contributed by atoms with E-state index in [0.29, 0.717) is 33.9 Å². The highest BCUT2D eigenvalue weighted by atomic mass is 35.5. The number of halogens is 2. The van der Waals surface area contributed by atoms with Crippen molar-refractivity contribution in [2.75, 3.05) is 25.0 Å². The summed E-state index contributed by atoms with van der Waals surface area (Å²) in [7, 11) is 0. The first-order chi connectivity index (χ1) is 14.9. The molecule has 1 saturated heterocycles. The summed E-state index contributed by atoms with van der Waals surface area (Å²) in [4.78, 5) is 31.6. The molecule has 1 aliphatic heterocycles. The van der Waals surface area contributed by atoms with Crippen LogP contribution < -0.4 is 5.32 Å². The molecule has 0 radical (unpaired) electrons. The molecule has 1 N–H and O–H groups in total. The number of anilines is 2. The van der Waals surface area contributed by atoms with Crippen LogP contribution in [0.2, 0.25) is 10.0 Å². The first-order valence-corrected chi connectivity index (χ1v) is 11.2. The van der Waals surface area contributed by atoms with E-state index >= 15 is 0 Å². The fourth-order valence-corrected chi connectivity index (χ4v) is 4.28. The van der Waals surface area contributed by atoms with Crippen LogP contribution in [-0.2, 0) is 9.53 Å². The van der Waals surface area contributed by atoms with Crippen LogP contribution in [0.5, 0.6) is 0 Å². The number of nitrogens with zero attached hydrogens (tertiary/aromatic N) is 2. The first kappa shape index (κ1) is 23.2. The molecule has 0 saturated carbocycles. The molecule has 1 amide bonds. The molecule has 0 atom stereocenters. The summed E-state index contributed by atoms with van der Waals surface area (Å²) in [5.41, 5.74) is 0.691. The van der Waals surface area contributed by atoms with Crippen molar-refractivity contribution in [1.29, 1.82) is 0 Å². The zero-order valence-electron chi connectivity index (χ0n) is 17.2. The molecule has 164 valence electrons. The molecule has 31 heavy (non-hydrogen) atoms. The topological polar surface area (TPSA) is 84.1 Å². The van der Waals surface area contributed by atoms with Gasteiger partial charge in [-0.1, -0.05) is 23.2 Å². The van der Waals surface area contributed by atoms with Crippen LogP contribution in [0.3, 0.4) is 0 Å². The van der Waals surface area contributed by atoms with Crippen LogP contribution in [0.1, 0.15) is 36.9 Å². The van der Waals surface area contributed by atoms with Crippen LogP contribution in [0, 0.1) is 0 Å². The Morgan fingerprint density at radius 1 is 1.26 bits per heavy atom. The Morgan fingerprint density at radius 2 is 1.97 bits per heavy atom. The van der Waals surface area contributed by atoms with Crippen LogP contribution in [0.4, 0.5) is 11.6 Å². The lowest BCUT2D eigenvalue weighted by molar-refractivity contribution is -0.122. The molecule has 10 heteroatoms.